The summed E-state index contributed by atoms with van der Waals surface area (Å²) in [5, 5.41) is 5.90. The van der Waals surface area contributed by atoms with Crippen molar-refractivity contribution in [2.75, 3.05) is 11.9 Å². The van der Waals surface area contributed by atoms with Crippen molar-refractivity contribution in [2.24, 2.45) is 29.6 Å². The maximum Gasteiger partial charge on any atom is 0.243 e. The molecule has 0 saturated heterocycles. The van der Waals surface area contributed by atoms with E-state index in [1.54, 1.807) is 0 Å². The van der Waals surface area contributed by atoms with E-state index in [4.69, 9.17) is 0 Å². The second kappa shape index (κ2) is 6.71. The Balaban J connectivity index is 1.34. The molecule has 5 rings (SSSR count). The molecular formula is C22H30N2O2. The predicted molar refractivity (Wildman–Crippen MR) is 103 cm³/mol. The summed E-state index contributed by atoms with van der Waals surface area (Å²) in [7, 11) is 0. The van der Waals surface area contributed by atoms with Gasteiger partial charge in [0.25, 0.3) is 0 Å². The van der Waals surface area contributed by atoms with Crippen molar-refractivity contribution in [3.8, 4) is 0 Å². The van der Waals surface area contributed by atoms with Gasteiger partial charge in [-0.2, -0.15) is 0 Å². The van der Waals surface area contributed by atoms with Gasteiger partial charge < -0.3 is 10.6 Å². The zero-order chi connectivity index (χ0) is 18.4. The summed E-state index contributed by atoms with van der Waals surface area (Å²) < 4.78 is 0. The third kappa shape index (κ3) is 3.26. The summed E-state index contributed by atoms with van der Waals surface area (Å²) in [5.41, 5.74) is 4.17. The van der Waals surface area contributed by atoms with Crippen LogP contribution in [0.25, 0.3) is 0 Å². The van der Waals surface area contributed by atoms with Crippen LogP contribution in [0, 0.1) is 50.4 Å². The van der Waals surface area contributed by atoms with E-state index in [0.717, 1.165) is 28.7 Å². The van der Waals surface area contributed by atoms with Crippen LogP contribution in [0.2, 0.25) is 0 Å². The average Bonchev–Trinajstić information content (AvgIpc) is 2.55. The van der Waals surface area contributed by atoms with Gasteiger partial charge in [-0.25, -0.2) is 0 Å². The highest BCUT2D eigenvalue weighted by molar-refractivity contribution is 5.96. The molecule has 0 unspecified atom stereocenters. The first-order chi connectivity index (χ1) is 12.4. The molecule has 4 aliphatic rings. The van der Waals surface area contributed by atoms with Gasteiger partial charge in [-0.3, -0.25) is 9.59 Å². The van der Waals surface area contributed by atoms with Gasteiger partial charge in [0.05, 0.1) is 6.54 Å². The van der Waals surface area contributed by atoms with Gasteiger partial charge >= 0.3 is 0 Å². The Kier molecular flexibility index (Phi) is 4.54. The molecule has 1 aromatic carbocycles. The molecule has 0 atom stereocenters. The van der Waals surface area contributed by atoms with Crippen molar-refractivity contribution in [1.29, 1.82) is 0 Å². The summed E-state index contributed by atoms with van der Waals surface area (Å²) in [6.45, 7) is 6.12. The minimum atomic E-state index is -0.141. The number of hydrogen-bond donors (Lipinski definition) is 2. The third-order valence-corrected chi connectivity index (χ3v) is 6.89. The van der Waals surface area contributed by atoms with E-state index in [1.165, 1.54) is 37.7 Å². The molecule has 0 spiro atoms. The first-order valence-electron chi connectivity index (χ1n) is 10.1. The number of aryl methyl sites for hydroxylation is 3. The normalized spacial score (nSPS) is 31.7. The van der Waals surface area contributed by atoms with Crippen LogP contribution in [0.5, 0.6) is 0 Å². The Labute approximate surface area is 156 Å². The Morgan fingerprint density at radius 3 is 2.00 bits per heavy atom. The van der Waals surface area contributed by atoms with Crippen molar-refractivity contribution in [2.45, 2.75) is 52.9 Å². The third-order valence-electron chi connectivity index (χ3n) is 6.89. The first kappa shape index (κ1) is 17.6. The standard InChI is InChI=1S/C22H30N2O2/c1-12-4-13(2)21(14(3)5-12)24-19(25)11-23-22(26)20-17-7-15-6-16(9-17)10-18(20)8-15/h4-5,15-18,20H,6-11H2,1-3H3,(H,23,26)(H,24,25). The number of nitrogens with one attached hydrogen (secondary N) is 2. The molecule has 1 aromatic rings. The summed E-state index contributed by atoms with van der Waals surface area (Å²) in [4.78, 5) is 25.1. The van der Waals surface area contributed by atoms with E-state index in [0.29, 0.717) is 11.8 Å². The van der Waals surface area contributed by atoms with E-state index in [9.17, 15) is 9.59 Å². The number of hydrogen-bond acceptors (Lipinski definition) is 2. The van der Waals surface area contributed by atoms with E-state index in [-0.39, 0.29) is 24.3 Å². The van der Waals surface area contributed by atoms with Gasteiger partial charge in [0.15, 0.2) is 0 Å². The number of anilines is 1. The Hall–Kier alpha value is -1.84. The van der Waals surface area contributed by atoms with E-state index in [1.807, 2.05) is 13.8 Å². The van der Waals surface area contributed by atoms with E-state index >= 15 is 0 Å². The maximum absolute atomic E-state index is 12.8. The highest BCUT2D eigenvalue weighted by atomic mass is 16.2. The smallest absolute Gasteiger partial charge is 0.243 e. The molecule has 2 N–H and O–H groups in total. The molecule has 0 aliphatic heterocycles. The summed E-state index contributed by atoms with van der Waals surface area (Å²) in [6.07, 6.45) is 6.27. The van der Waals surface area contributed by atoms with Crippen molar-refractivity contribution in [1.82, 2.24) is 5.32 Å². The van der Waals surface area contributed by atoms with Gasteiger partial charge in [-0.1, -0.05) is 17.7 Å². The van der Waals surface area contributed by atoms with Gasteiger partial charge in [0, 0.05) is 11.6 Å². The lowest BCUT2D eigenvalue weighted by molar-refractivity contribution is -0.139. The van der Waals surface area contributed by atoms with Crippen LogP contribution in [0.3, 0.4) is 0 Å². The van der Waals surface area contributed by atoms with Crippen LogP contribution in [-0.4, -0.2) is 18.4 Å². The Bertz CT molecular complexity index is 689. The summed E-state index contributed by atoms with van der Waals surface area (Å²) in [6, 6.07) is 4.13. The molecule has 0 aromatic heterocycles. The average molecular weight is 354 g/mol. The number of carbonyl (C=O) groups is 2. The largest absolute Gasteiger partial charge is 0.347 e. The maximum atomic E-state index is 12.8. The van der Waals surface area contributed by atoms with Gasteiger partial charge in [-0.05, 0) is 87.7 Å². The van der Waals surface area contributed by atoms with Gasteiger partial charge in [0.1, 0.15) is 0 Å². The van der Waals surface area contributed by atoms with Crippen molar-refractivity contribution in [3.63, 3.8) is 0 Å². The van der Waals surface area contributed by atoms with Crippen molar-refractivity contribution >= 4 is 17.5 Å². The fourth-order valence-corrected chi connectivity index (χ4v) is 6.20. The van der Waals surface area contributed by atoms with Crippen molar-refractivity contribution in [3.05, 3.63) is 28.8 Å². The van der Waals surface area contributed by atoms with Crippen LogP contribution in [0.4, 0.5) is 5.69 Å². The topological polar surface area (TPSA) is 58.2 Å². The molecule has 4 aliphatic carbocycles. The van der Waals surface area contributed by atoms with E-state index in [2.05, 4.69) is 29.7 Å². The zero-order valence-corrected chi connectivity index (χ0v) is 16.1. The quantitative estimate of drug-likeness (QED) is 0.865. The fourth-order valence-electron chi connectivity index (χ4n) is 6.20. The summed E-state index contributed by atoms with van der Waals surface area (Å²) >= 11 is 0. The Morgan fingerprint density at radius 2 is 1.46 bits per heavy atom. The molecule has 140 valence electrons. The minimum absolute atomic E-state index is 0.0639. The fraction of sp³-hybridized carbons (Fsp3) is 0.636. The molecule has 4 saturated carbocycles. The van der Waals surface area contributed by atoms with Crippen LogP contribution in [0.1, 0.15) is 48.8 Å². The molecule has 0 heterocycles. The molecule has 4 bridgehead atoms. The second-order valence-corrected chi connectivity index (χ2v) is 9.00. The monoisotopic (exact) mass is 354 g/mol. The lowest BCUT2D eigenvalue weighted by Crippen LogP contribution is -2.51. The zero-order valence-electron chi connectivity index (χ0n) is 16.1. The minimum Gasteiger partial charge on any atom is -0.347 e. The van der Waals surface area contributed by atoms with Crippen LogP contribution < -0.4 is 10.6 Å². The van der Waals surface area contributed by atoms with Crippen LogP contribution >= 0.6 is 0 Å². The Morgan fingerprint density at radius 1 is 0.923 bits per heavy atom. The number of carbonyl (C=O) groups excluding carboxylic acids is 2. The predicted octanol–water partition coefficient (Wildman–Crippen LogP) is 3.74. The highest BCUT2D eigenvalue weighted by Gasteiger charge is 2.50. The van der Waals surface area contributed by atoms with Crippen LogP contribution in [0.15, 0.2) is 12.1 Å². The van der Waals surface area contributed by atoms with Gasteiger partial charge in [0.2, 0.25) is 11.8 Å². The SMILES string of the molecule is Cc1cc(C)c(NC(=O)CNC(=O)C2C3CC4CC(C3)CC2C4)c(C)c1. The first-order valence-corrected chi connectivity index (χ1v) is 10.1. The summed E-state index contributed by atoms with van der Waals surface area (Å²) in [5.74, 6) is 2.92. The van der Waals surface area contributed by atoms with E-state index < -0.39 is 0 Å². The van der Waals surface area contributed by atoms with Crippen LogP contribution in [-0.2, 0) is 9.59 Å². The molecule has 2 amide bonds. The molecule has 0 radical (unpaired) electrons. The van der Waals surface area contributed by atoms with Crippen molar-refractivity contribution < 1.29 is 9.59 Å². The second-order valence-electron chi connectivity index (χ2n) is 9.00. The molecule has 26 heavy (non-hydrogen) atoms. The number of rotatable bonds is 4. The highest BCUT2D eigenvalue weighted by Crippen LogP contribution is 2.56. The number of amides is 2. The lowest BCUT2D eigenvalue weighted by Gasteiger charge is -2.53. The molecule has 4 fully saturated rings. The van der Waals surface area contributed by atoms with Gasteiger partial charge in [-0.15, -0.1) is 0 Å². The molecular weight excluding hydrogens is 324 g/mol. The lowest BCUT2D eigenvalue weighted by atomic mass is 9.51. The molecule has 4 heteroatoms. The number of benzene rings is 1. The molecule has 4 nitrogen and oxygen atoms in total.